The predicted molar refractivity (Wildman–Crippen MR) is 67.7 cm³/mol. The second-order valence-electron chi connectivity index (χ2n) is 3.82. The molecule has 0 fully saturated rings. The summed E-state index contributed by atoms with van der Waals surface area (Å²) in [5.74, 6) is -0.762. The van der Waals surface area contributed by atoms with Crippen molar-refractivity contribution < 1.29 is 9.18 Å². The van der Waals surface area contributed by atoms with Crippen molar-refractivity contribution >= 4 is 17.3 Å². The van der Waals surface area contributed by atoms with E-state index < -0.39 is 5.82 Å². The first-order chi connectivity index (χ1) is 8.58. The van der Waals surface area contributed by atoms with E-state index in [9.17, 15) is 9.18 Å². The maximum Gasteiger partial charge on any atom is 0.257 e. The van der Waals surface area contributed by atoms with Crippen molar-refractivity contribution in [2.24, 2.45) is 0 Å². The second kappa shape index (κ2) is 4.83. The molecule has 0 saturated carbocycles. The molecule has 0 atom stereocenters. The molecule has 0 aliphatic carbocycles. The number of nitrogen functional groups attached to an aromatic ring is 1. The number of nitrogens with one attached hydrogen (secondary N) is 1. The molecule has 0 radical (unpaired) electrons. The Labute approximate surface area is 104 Å². The summed E-state index contributed by atoms with van der Waals surface area (Å²) >= 11 is 0. The fourth-order valence-electron chi connectivity index (χ4n) is 1.56. The lowest BCUT2D eigenvalue weighted by atomic mass is 10.2. The fraction of sp³-hybridized carbons (Fsp3) is 0.0769. The number of aromatic nitrogens is 1. The minimum absolute atomic E-state index is 0.185. The van der Waals surface area contributed by atoms with Crippen LogP contribution in [0.5, 0.6) is 0 Å². The van der Waals surface area contributed by atoms with Gasteiger partial charge in [0.1, 0.15) is 5.82 Å². The maximum atomic E-state index is 12.9. The van der Waals surface area contributed by atoms with Crippen LogP contribution in [-0.4, -0.2) is 10.9 Å². The average Bonchev–Trinajstić information content (AvgIpc) is 2.33. The lowest BCUT2D eigenvalue weighted by molar-refractivity contribution is 0.102. The highest BCUT2D eigenvalue weighted by atomic mass is 19.1. The number of halogens is 1. The molecule has 5 heteroatoms. The van der Waals surface area contributed by atoms with Crippen molar-refractivity contribution in [3.8, 4) is 0 Å². The molecule has 0 aliphatic rings. The van der Waals surface area contributed by atoms with Crippen molar-refractivity contribution in [1.29, 1.82) is 0 Å². The van der Waals surface area contributed by atoms with Gasteiger partial charge in [-0.15, -0.1) is 0 Å². The first-order valence-electron chi connectivity index (χ1n) is 5.36. The topological polar surface area (TPSA) is 68.0 Å². The smallest absolute Gasteiger partial charge is 0.257 e. The number of rotatable bonds is 2. The zero-order chi connectivity index (χ0) is 13.1. The largest absolute Gasteiger partial charge is 0.397 e. The predicted octanol–water partition coefficient (Wildman–Crippen LogP) is 2.36. The van der Waals surface area contributed by atoms with Crippen LogP contribution in [0.4, 0.5) is 15.8 Å². The number of nitrogens with two attached hydrogens (primary N) is 1. The quantitative estimate of drug-likeness (QED) is 0.798. The summed E-state index contributed by atoms with van der Waals surface area (Å²) in [5, 5.41) is 2.62. The van der Waals surface area contributed by atoms with E-state index in [1.807, 2.05) is 0 Å². The van der Waals surface area contributed by atoms with Gasteiger partial charge in [0.15, 0.2) is 0 Å². The molecule has 2 rings (SSSR count). The van der Waals surface area contributed by atoms with Gasteiger partial charge in [-0.2, -0.15) is 0 Å². The van der Waals surface area contributed by atoms with E-state index in [4.69, 9.17) is 5.73 Å². The Kier molecular flexibility index (Phi) is 3.23. The highest BCUT2D eigenvalue weighted by Gasteiger charge is 2.11. The summed E-state index contributed by atoms with van der Waals surface area (Å²) in [6, 6.07) is 7.16. The van der Waals surface area contributed by atoms with Crippen LogP contribution in [0.15, 0.2) is 36.5 Å². The molecule has 0 bridgehead atoms. The number of hydrogen-bond donors (Lipinski definition) is 2. The Morgan fingerprint density at radius 3 is 2.83 bits per heavy atom. The van der Waals surface area contributed by atoms with Gasteiger partial charge < -0.3 is 11.1 Å². The van der Waals surface area contributed by atoms with Crippen molar-refractivity contribution in [3.63, 3.8) is 0 Å². The van der Waals surface area contributed by atoms with E-state index in [1.54, 1.807) is 25.3 Å². The number of nitrogens with zero attached hydrogens (tertiary/aromatic N) is 1. The molecule has 3 N–H and O–H groups in total. The van der Waals surface area contributed by atoms with Gasteiger partial charge in [0, 0.05) is 11.9 Å². The molecule has 1 amide bonds. The highest BCUT2D eigenvalue weighted by Crippen LogP contribution is 2.20. The Hall–Kier alpha value is -2.43. The number of amides is 1. The number of anilines is 2. The summed E-state index contributed by atoms with van der Waals surface area (Å²) in [6.07, 6.45) is 1.61. The third-order valence-corrected chi connectivity index (χ3v) is 2.51. The van der Waals surface area contributed by atoms with Crippen molar-refractivity contribution in [2.45, 2.75) is 6.92 Å². The normalized spacial score (nSPS) is 10.1. The van der Waals surface area contributed by atoms with E-state index in [-0.39, 0.29) is 11.6 Å². The zero-order valence-electron chi connectivity index (χ0n) is 9.77. The van der Waals surface area contributed by atoms with Crippen LogP contribution >= 0.6 is 0 Å². The van der Waals surface area contributed by atoms with Gasteiger partial charge in [-0.3, -0.25) is 9.78 Å². The summed E-state index contributed by atoms with van der Waals surface area (Å²) < 4.78 is 12.9. The number of benzene rings is 1. The van der Waals surface area contributed by atoms with E-state index in [1.165, 1.54) is 12.1 Å². The molecule has 0 spiro atoms. The van der Waals surface area contributed by atoms with Gasteiger partial charge in [-0.05, 0) is 37.3 Å². The first kappa shape index (κ1) is 12.0. The van der Waals surface area contributed by atoms with Crippen LogP contribution < -0.4 is 11.1 Å². The van der Waals surface area contributed by atoms with Crippen molar-refractivity contribution in [3.05, 3.63) is 53.6 Å². The van der Waals surface area contributed by atoms with Gasteiger partial charge in [0.2, 0.25) is 0 Å². The molecule has 1 aromatic carbocycles. The van der Waals surface area contributed by atoms with Gasteiger partial charge in [0.25, 0.3) is 5.91 Å². The molecule has 18 heavy (non-hydrogen) atoms. The van der Waals surface area contributed by atoms with E-state index in [0.717, 1.165) is 6.07 Å². The summed E-state index contributed by atoms with van der Waals surface area (Å²) in [4.78, 5) is 16.0. The number of carbonyl (C=O) groups excluding carboxylic acids is 1. The van der Waals surface area contributed by atoms with E-state index >= 15 is 0 Å². The monoisotopic (exact) mass is 245 g/mol. The van der Waals surface area contributed by atoms with Crippen LogP contribution in [0.1, 0.15) is 16.1 Å². The fourth-order valence-corrected chi connectivity index (χ4v) is 1.56. The van der Waals surface area contributed by atoms with Gasteiger partial charge >= 0.3 is 0 Å². The van der Waals surface area contributed by atoms with E-state index in [0.29, 0.717) is 16.9 Å². The van der Waals surface area contributed by atoms with E-state index in [2.05, 4.69) is 10.3 Å². The first-order valence-corrected chi connectivity index (χ1v) is 5.36. The molecule has 0 aliphatic heterocycles. The molecular weight excluding hydrogens is 233 g/mol. The number of pyridine rings is 1. The van der Waals surface area contributed by atoms with Crippen LogP contribution in [-0.2, 0) is 0 Å². The maximum absolute atomic E-state index is 12.9. The summed E-state index contributed by atoms with van der Waals surface area (Å²) in [5.41, 5.74) is 7.26. The van der Waals surface area contributed by atoms with Gasteiger partial charge in [0.05, 0.1) is 16.9 Å². The van der Waals surface area contributed by atoms with Crippen molar-refractivity contribution in [2.75, 3.05) is 11.1 Å². The minimum Gasteiger partial charge on any atom is -0.397 e. The number of hydrogen-bond acceptors (Lipinski definition) is 3. The second-order valence-corrected chi connectivity index (χ2v) is 3.82. The lowest BCUT2D eigenvalue weighted by Gasteiger charge is -2.09. The lowest BCUT2D eigenvalue weighted by Crippen LogP contribution is -2.15. The third-order valence-electron chi connectivity index (χ3n) is 2.51. The Morgan fingerprint density at radius 2 is 2.17 bits per heavy atom. The van der Waals surface area contributed by atoms with Crippen LogP contribution in [0.25, 0.3) is 0 Å². The number of aryl methyl sites for hydroxylation is 1. The standard InChI is InChI=1S/C13H12FN3O/c1-8-10(3-2-6-16-8)13(18)17-12-5-4-9(14)7-11(12)15/h2-7H,15H2,1H3,(H,17,18). The summed E-state index contributed by atoms with van der Waals surface area (Å²) in [7, 11) is 0. The molecule has 4 nitrogen and oxygen atoms in total. The molecule has 1 aromatic heterocycles. The van der Waals surface area contributed by atoms with Crippen LogP contribution in [0.2, 0.25) is 0 Å². The zero-order valence-corrected chi connectivity index (χ0v) is 9.77. The average molecular weight is 245 g/mol. The molecule has 2 aromatic rings. The molecule has 0 saturated heterocycles. The summed E-state index contributed by atoms with van der Waals surface area (Å²) in [6.45, 7) is 1.74. The molecule has 0 unspecified atom stereocenters. The van der Waals surface area contributed by atoms with Gasteiger partial charge in [-0.1, -0.05) is 0 Å². The van der Waals surface area contributed by atoms with Crippen molar-refractivity contribution in [1.82, 2.24) is 4.98 Å². The number of carbonyl (C=O) groups is 1. The Morgan fingerprint density at radius 1 is 1.39 bits per heavy atom. The Bertz CT molecular complexity index is 599. The highest BCUT2D eigenvalue weighted by molar-refractivity contribution is 6.06. The Balaban J connectivity index is 2.24. The van der Waals surface area contributed by atoms with Gasteiger partial charge in [-0.25, -0.2) is 4.39 Å². The van der Waals surface area contributed by atoms with Crippen LogP contribution in [0, 0.1) is 12.7 Å². The van der Waals surface area contributed by atoms with Crippen LogP contribution in [0.3, 0.4) is 0 Å². The SMILES string of the molecule is Cc1ncccc1C(=O)Nc1ccc(F)cc1N. The molecular formula is C13H12FN3O. The minimum atomic E-state index is -0.442. The molecule has 92 valence electrons. The molecule has 1 heterocycles. The third kappa shape index (κ3) is 2.45.